The quantitative estimate of drug-likeness (QED) is 0.559. The van der Waals surface area contributed by atoms with Crippen molar-refractivity contribution in [3.8, 4) is 0 Å². The van der Waals surface area contributed by atoms with Crippen LogP contribution in [0.1, 0.15) is 41.5 Å². The Hall–Kier alpha value is 0.430. The summed E-state index contributed by atoms with van der Waals surface area (Å²) in [5, 5.41) is 0. The predicted molar refractivity (Wildman–Crippen MR) is 57.0 cm³/mol. The Morgan fingerprint density at radius 2 is 1.00 bits per heavy atom. The van der Waals surface area contributed by atoms with E-state index in [4.69, 9.17) is 0 Å². The second-order valence-corrected chi connectivity index (χ2v) is 6.93. The first-order valence-electron chi connectivity index (χ1n) is 4.41. The van der Waals surface area contributed by atoms with Crippen LogP contribution in [0, 0.1) is 10.8 Å². The zero-order valence-electron chi connectivity index (χ0n) is 8.91. The highest BCUT2D eigenvalue weighted by atomic mass is 31.1. The molecule has 0 radical (unpaired) electrons. The minimum atomic E-state index is 0.531. The summed E-state index contributed by atoms with van der Waals surface area (Å²) in [5.41, 5.74) is 1.06. The molecule has 0 heterocycles. The fraction of sp³-hybridized carbons (Fsp3) is 1.00. The van der Waals surface area contributed by atoms with Crippen molar-refractivity contribution in [1.29, 1.82) is 0 Å². The SMILES string of the molecule is CC(C)(C)CPCC(C)(C)C. The predicted octanol–water partition coefficient (Wildman–Crippen LogP) is 3.76. The molecule has 0 aromatic rings. The molecule has 0 saturated carbocycles. The molecule has 0 aliphatic heterocycles. The molecule has 68 valence electrons. The number of hydrogen-bond donors (Lipinski definition) is 0. The lowest BCUT2D eigenvalue weighted by Gasteiger charge is -2.22. The molecule has 0 aromatic heterocycles. The molecule has 0 amide bonds. The van der Waals surface area contributed by atoms with E-state index in [-0.39, 0.29) is 0 Å². The average molecular weight is 174 g/mol. The third kappa shape index (κ3) is 10.4. The Balaban J connectivity index is 3.44. The highest BCUT2D eigenvalue weighted by molar-refractivity contribution is 7.38. The van der Waals surface area contributed by atoms with Crippen LogP contribution in [0.5, 0.6) is 0 Å². The van der Waals surface area contributed by atoms with Crippen molar-refractivity contribution < 1.29 is 0 Å². The van der Waals surface area contributed by atoms with Gasteiger partial charge in [-0.3, -0.25) is 0 Å². The summed E-state index contributed by atoms with van der Waals surface area (Å²) < 4.78 is 0. The first-order chi connectivity index (χ1) is 4.71. The molecule has 0 spiro atoms. The Bertz CT molecular complexity index is 89.0. The van der Waals surface area contributed by atoms with E-state index >= 15 is 0 Å². The molecule has 0 fully saturated rings. The highest BCUT2D eigenvalue weighted by Gasteiger charge is 2.13. The van der Waals surface area contributed by atoms with Gasteiger partial charge in [-0.05, 0) is 23.2 Å². The minimum absolute atomic E-state index is 0.531. The van der Waals surface area contributed by atoms with E-state index in [1.807, 2.05) is 0 Å². The largest absolute Gasteiger partial charge is 0.121 e. The van der Waals surface area contributed by atoms with Gasteiger partial charge in [0, 0.05) is 0 Å². The lowest BCUT2D eigenvalue weighted by atomic mass is 10.0. The van der Waals surface area contributed by atoms with Crippen LogP contribution in [0.15, 0.2) is 0 Å². The van der Waals surface area contributed by atoms with Crippen LogP contribution < -0.4 is 0 Å². The summed E-state index contributed by atoms with van der Waals surface area (Å²) in [4.78, 5) is 0. The van der Waals surface area contributed by atoms with E-state index in [2.05, 4.69) is 41.5 Å². The van der Waals surface area contributed by atoms with Gasteiger partial charge in [0.25, 0.3) is 0 Å². The van der Waals surface area contributed by atoms with Crippen LogP contribution in [0.25, 0.3) is 0 Å². The molecule has 0 unspecified atom stereocenters. The third-order valence-electron chi connectivity index (χ3n) is 1.31. The first-order valence-corrected chi connectivity index (χ1v) is 5.83. The van der Waals surface area contributed by atoms with Gasteiger partial charge in [-0.1, -0.05) is 41.5 Å². The maximum absolute atomic E-state index is 2.32. The van der Waals surface area contributed by atoms with Crippen LogP contribution in [-0.2, 0) is 0 Å². The fourth-order valence-electron chi connectivity index (χ4n) is 0.812. The minimum Gasteiger partial charge on any atom is -0.121 e. The van der Waals surface area contributed by atoms with Crippen molar-refractivity contribution in [3.05, 3.63) is 0 Å². The van der Waals surface area contributed by atoms with Crippen LogP contribution in [0.3, 0.4) is 0 Å². The summed E-state index contributed by atoms with van der Waals surface area (Å²) in [7, 11) is 1.14. The molecule has 0 aliphatic carbocycles. The zero-order chi connectivity index (χ0) is 9.12. The fourth-order valence-corrected chi connectivity index (χ4v) is 2.44. The second kappa shape index (κ2) is 3.90. The summed E-state index contributed by atoms with van der Waals surface area (Å²) in [5.74, 6) is 0. The van der Waals surface area contributed by atoms with Crippen LogP contribution in [0.4, 0.5) is 0 Å². The Labute approximate surface area is 73.9 Å². The highest BCUT2D eigenvalue weighted by Crippen LogP contribution is 2.30. The Kier molecular flexibility index (Phi) is 4.05. The van der Waals surface area contributed by atoms with Gasteiger partial charge < -0.3 is 0 Å². The van der Waals surface area contributed by atoms with Gasteiger partial charge in [0.2, 0.25) is 0 Å². The molecule has 0 atom stereocenters. The van der Waals surface area contributed by atoms with E-state index in [1.54, 1.807) is 0 Å². The smallest absolute Gasteiger partial charge is 0.0304 e. The molecule has 1 heteroatoms. The molecule has 0 saturated heterocycles. The normalized spacial score (nSPS) is 13.6. The van der Waals surface area contributed by atoms with Crippen molar-refractivity contribution in [2.45, 2.75) is 41.5 Å². The maximum Gasteiger partial charge on any atom is -0.0304 e. The molecule has 0 nitrogen and oxygen atoms in total. The molecular weight excluding hydrogens is 151 g/mol. The van der Waals surface area contributed by atoms with Gasteiger partial charge in [-0.2, -0.15) is 0 Å². The summed E-state index contributed by atoms with van der Waals surface area (Å²) in [6.45, 7) is 13.9. The topological polar surface area (TPSA) is 0 Å². The van der Waals surface area contributed by atoms with Gasteiger partial charge in [0.05, 0.1) is 0 Å². The number of rotatable bonds is 2. The zero-order valence-corrected chi connectivity index (χ0v) is 9.91. The average Bonchev–Trinajstić information content (AvgIpc) is 1.55. The van der Waals surface area contributed by atoms with Crippen LogP contribution >= 0.6 is 8.58 Å². The van der Waals surface area contributed by atoms with E-state index in [0.717, 1.165) is 8.58 Å². The molecular formula is C10H23P. The monoisotopic (exact) mass is 174 g/mol. The van der Waals surface area contributed by atoms with Crippen molar-refractivity contribution >= 4 is 8.58 Å². The van der Waals surface area contributed by atoms with Crippen molar-refractivity contribution in [1.82, 2.24) is 0 Å². The molecule has 0 aromatic carbocycles. The van der Waals surface area contributed by atoms with Gasteiger partial charge in [-0.15, -0.1) is 8.58 Å². The van der Waals surface area contributed by atoms with Crippen molar-refractivity contribution in [3.63, 3.8) is 0 Å². The molecule has 0 rings (SSSR count). The van der Waals surface area contributed by atoms with E-state index in [1.165, 1.54) is 12.3 Å². The standard InChI is InChI=1S/C10H23P/c1-9(2,3)7-11-8-10(4,5)6/h11H,7-8H2,1-6H3. The summed E-state index contributed by atoms with van der Waals surface area (Å²) in [6, 6.07) is 0. The van der Waals surface area contributed by atoms with Gasteiger partial charge in [-0.25, -0.2) is 0 Å². The lowest BCUT2D eigenvalue weighted by Crippen LogP contribution is -2.12. The molecule has 11 heavy (non-hydrogen) atoms. The lowest BCUT2D eigenvalue weighted by molar-refractivity contribution is 0.462. The van der Waals surface area contributed by atoms with Crippen molar-refractivity contribution in [2.75, 3.05) is 12.3 Å². The van der Waals surface area contributed by atoms with E-state index in [0.29, 0.717) is 10.8 Å². The van der Waals surface area contributed by atoms with Crippen LogP contribution in [-0.4, -0.2) is 12.3 Å². The molecule has 0 bridgehead atoms. The van der Waals surface area contributed by atoms with E-state index in [9.17, 15) is 0 Å². The Morgan fingerprint density at radius 1 is 0.727 bits per heavy atom. The Morgan fingerprint density at radius 3 is 1.18 bits per heavy atom. The number of hydrogen-bond acceptors (Lipinski definition) is 0. The van der Waals surface area contributed by atoms with Crippen molar-refractivity contribution in [2.24, 2.45) is 10.8 Å². The second-order valence-electron chi connectivity index (χ2n) is 5.72. The molecule has 0 N–H and O–H groups in total. The first kappa shape index (κ1) is 11.4. The van der Waals surface area contributed by atoms with Gasteiger partial charge in [0.1, 0.15) is 0 Å². The third-order valence-corrected chi connectivity index (χ3v) is 3.93. The van der Waals surface area contributed by atoms with Gasteiger partial charge >= 0.3 is 0 Å². The van der Waals surface area contributed by atoms with Gasteiger partial charge in [0.15, 0.2) is 0 Å². The summed E-state index contributed by atoms with van der Waals surface area (Å²) >= 11 is 0. The van der Waals surface area contributed by atoms with Crippen LogP contribution in [0.2, 0.25) is 0 Å². The molecule has 0 aliphatic rings. The van der Waals surface area contributed by atoms with E-state index < -0.39 is 0 Å². The summed E-state index contributed by atoms with van der Waals surface area (Å²) in [6.07, 6.45) is 2.76. The maximum atomic E-state index is 2.32.